The molecule has 122 valence electrons. The maximum absolute atomic E-state index is 11.9. The summed E-state index contributed by atoms with van der Waals surface area (Å²) in [5.41, 5.74) is 1.05. The molecule has 1 aromatic carbocycles. The molecule has 0 unspecified atom stereocenters. The maximum Gasteiger partial charge on any atom is 0.177 e. The molecule has 1 N–H and O–H groups in total. The lowest BCUT2D eigenvalue weighted by molar-refractivity contribution is 0.101. The molecule has 0 amide bonds. The van der Waals surface area contributed by atoms with Gasteiger partial charge in [-0.25, -0.2) is 8.42 Å². The smallest absolute Gasteiger partial charge is 0.177 e. The number of rotatable bonds is 5. The van der Waals surface area contributed by atoms with Crippen LogP contribution < -0.4 is 5.32 Å². The zero-order valence-corrected chi connectivity index (χ0v) is 14.2. The molecule has 1 atom stereocenters. The number of Topliss-reactive ketones (excluding diaryl/α,β-unsaturated/α-hetero) is 1. The van der Waals surface area contributed by atoms with Crippen molar-refractivity contribution in [2.24, 2.45) is 5.92 Å². The van der Waals surface area contributed by atoms with E-state index in [2.05, 4.69) is 17.3 Å². The molecule has 0 saturated carbocycles. The first-order chi connectivity index (χ1) is 10.3. The van der Waals surface area contributed by atoms with E-state index in [4.69, 9.17) is 0 Å². The minimum atomic E-state index is -3.32. The lowest BCUT2D eigenvalue weighted by Gasteiger charge is -2.30. The lowest BCUT2D eigenvalue weighted by Crippen LogP contribution is -2.35. The van der Waals surface area contributed by atoms with E-state index in [0.717, 1.165) is 25.9 Å². The van der Waals surface area contributed by atoms with Gasteiger partial charge in [0, 0.05) is 24.9 Å². The Morgan fingerprint density at radius 1 is 1.41 bits per heavy atom. The van der Waals surface area contributed by atoms with Crippen molar-refractivity contribution in [1.82, 2.24) is 4.90 Å². The van der Waals surface area contributed by atoms with Crippen LogP contribution in [0.3, 0.4) is 0 Å². The quantitative estimate of drug-likeness (QED) is 0.840. The summed E-state index contributed by atoms with van der Waals surface area (Å²) < 4.78 is 23.8. The average molecular weight is 324 g/mol. The van der Waals surface area contributed by atoms with E-state index in [-0.39, 0.29) is 10.7 Å². The predicted octanol–water partition coefficient (Wildman–Crippen LogP) is 2.05. The Hall–Kier alpha value is -1.40. The molecule has 1 saturated heterocycles. The van der Waals surface area contributed by atoms with Gasteiger partial charge >= 0.3 is 0 Å². The van der Waals surface area contributed by atoms with Gasteiger partial charge in [0.1, 0.15) is 0 Å². The number of likely N-dealkylation sites (tertiary alicyclic amines) is 1. The van der Waals surface area contributed by atoms with Gasteiger partial charge in [-0.2, -0.15) is 0 Å². The van der Waals surface area contributed by atoms with Crippen LogP contribution in [-0.4, -0.2) is 52.0 Å². The van der Waals surface area contributed by atoms with Crippen molar-refractivity contribution in [3.8, 4) is 0 Å². The molecule has 1 fully saturated rings. The number of carbonyl (C=O) groups is 1. The average Bonchev–Trinajstić information content (AvgIpc) is 2.44. The fourth-order valence-corrected chi connectivity index (χ4v) is 3.75. The predicted molar refractivity (Wildman–Crippen MR) is 88.3 cm³/mol. The third-order valence-electron chi connectivity index (χ3n) is 4.09. The number of piperidine rings is 1. The Balaban J connectivity index is 2.20. The van der Waals surface area contributed by atoms with E-state index in [1.807, 2.05) is 0 Å². The molecule has 22 heavy (non-hydrogen) atoms. The molecule has 1 aliphatic rings. The zero-order chi connectivity index (χ0) is 16.3. The van der Waals surface area contributed by atoms with E-state index in [1.165, 1.54) is 19.2 Å². The van der Waals surface area contributed by atoms with E-state index < -0.39 is 9.84 Å². The number of nitrogens with one attached hydrogen (secondary N) is 1. The molecule has 0 aliphatic carbocycles. The molecule has 1 aliphatic heterocycles. The molecular formula is C16H24N2O3S. The van der Waals surface area contributed by atoms with Crippen molar-refractivity contribution in [2.45, 2.75) is 24.7 Å². The van der Waals surface area contributed by atoms with Gasteiger partial charge in [0.05, 0.1) is 10.6 Å². The Labute approximate surface area is 132 Å². The topological polar surface area (TPSA) is 66.5 Å². The third-order valence-corrected chi connectivity index (χ3v) is 5.24. The lowest BCUT2D eigenvalue weighted by atomic mass is 9.98. The van der Waals surface area contributed by atoms with Gasteiger partial charge in [-0.1, -0.05) is 0 Å². The summed E-state index contributed by atoms with van der Waals surface area (Å²) in [6.45, 7) is 4.32. The second-order valence-electron chi connectivity index (χ2n) is 6.19. The van der Waals surface area contributed by atoms with Crippen LogP contribution in [0.1, 0.15) is 30.1 Å². The van der Waals surface area contributed by atoms with Crippen LogP contribution in [0.5, 0.6) is 0 Å². The highest BCUT2D eigenvalue weighted by Crippen LogP contribution is 2.24. The van der Waals surface area contributed by atoms with Crippen molar-refractivity contribution in [1.29, 1.82) is 0 Å². The molecule has 0 bridgehead atoms. The first-order valence-corrected chi connectivity index (χ1v) is 9.44. The van der Waals surface area contributed by atoms with Crippen molar-refractivity contribution in [3.05, 3.63) is 23.8 Å². The molecular weight excluding hydrogens is 300 g/mol. The minimum absolute atomic E-state index is 0.0690. The number of nitrogens with zero attached hydrogens (tertiary/aromatic N) is 1. The van der Waals surface area contributed by atoms with Gasteiger partial charge in [-0.3, -0.25) is 4.79 Å². The zero-order valence-electron chi connectivity index (χ0n) is 13.4. The van der Waals surface area contributed by atoms with Crippen LogP contribution in [0.25, 0.3) is 0 Å². The molecule has 0 radical (unpaired) electrons. The van der Waals surface area contributed by atoms with Crippen LogP contribution in [-0.2, 0) is 9.84 Å². The van der Waals surface area contributed by atoms with Crippen molar-refractivity contribution < 1.29 is 13.2 Å². The molecule has 5 nitrogen and oxygen atoms in total. The molecule has 1 aromatic rings. The van der Waals surface area contributed by atoms with Gasteiger partial charge in [0.2, 0.25) is 0 Å². The van der Waals surface area contributed by atoms with Crippen LogP contribution in [0, 0.1) is 5.92 Å². The van der Waals surface area contributed by atoms with E-state index in [1.54, 1.807) is 12.1 Å². The molecule has 0 aromatic heterocycles. The summed E-state index contributed by atoms with van der Waals surface area (Å²) >= 11 is 0. The number of sulfone groups is 1. The Bertz CT molecular complexity index is 655. The van der Waals surface area contributed by atoms with Crippen LogP contribution in [0.15, 0.2) is 23.1 Å². The molecule has 6 heteroatoms. The van der Waals surface area contributed by atoms with Gasteiger partial charge in [-0.15, -0.1) is 0 Å². The second-order valence-corrected chi connectivity index (χ2v) is 8.17. The first-order valence-electron chi connectivity index (χ1n) is 7.55. The summed E-state index contributed by atoms with van der Waals surface area (Å²) in [4.78, 5) is 14.1. The van der Waals surface area contributed by atoms with Crippen molar-refractivity contribution in [2.75, 3.05) is 38.3 Å². The number of carbonyl (C=O) groups excluding carboxylic acids is 1. The molecule has 0 spiro atoms. The third kappa shape index (κ3) is 4.30. The summed E-state index contributed by atoms with van der Waals surface area (Å²) in [5.74, 6) is 0.424. The number of anilines is 1. The van der Waals surface area contributed by atoms with E-state index in [9.17, 15) is 13.2 Å². The second kappa shape index (κ2) is 6.79. The number of hydrogen-bond donors (Lipinski definition) is 1. The minimum Gasteiger partial charge on any atom is -0.384 e. The summed E-state index contributed by atoms with van der Waals surface area (Å²) in [6, 6.07) is 4.73. The van der Waals surface area contributed by atoms with E-state index >= 15 is 0 Å². The standard InChI is InChI=1S/C16H24N2O3S/c1-12(19)14-6-7-16(22(3,20)21)15(9-14)17-10-13-5-4-8-18(2)11-13/h6-7,9,13,17H,4-5,8,10-11H2,1-3H3/t13-/m0/s1. The van der Waals surface area contributed by atoms with Gasteiger partial charge in [0.15, 0.2) is 15.6 Å². The highest BCUT2D eigenvalue weighted by Gasteiger charge is 2.19. The van der Waals surface area contributed by atoms with Crippen molar-refractivity contribution >= 4 is 21.3 Å². The van der Waals surface area contributed by atoms with Gasteiger partial charge in [0.25, 0.3) is 0 Å². The SMILES string of the molecule is CC(=O)c1ccc(S(C)(=O)=O)c(NC[C@@H]2CCCN(C)C2)c1. The fraction of sp³-hybridized carbons (Fsp3) is 0.562. The fourth-order valence-electron chi connectivity index (χ4n) is 2.90. The number of ketones is 1. The van der Waals surface area contributed by atoms with E-state index in [0.29, 0.717) is 23.7 Å². The number of hydrogen-bond acceptors (Lipinski definition) is 5. The summed E-state index contributed by atoms with van der Waals surface area (Å²) in [7, 11) is -1.22. The summed E-state index contributed by atoms with van der Waals surface area (Å²) in [5, 5.41) is 3.25. The first kappa shape index (κ1) is 17.0. The Kier molecular flexibility index (Phi) is 5.24. The monoisotopic (exact) mass is 324 g/mol. The largest absolute Gasteiger partial charge is 0.384 e. The van der Waals surface area contributed by atoms with Crippen molar-refractivity contribution in [3.63, 3.8) is 0 Å². The molecule has 1 heterocycles. The van der Waals surface area contributed by atoms with Gasteiger partial charge < -0.3 is 10.2 Å². The number of benzene rings is 1. The van der Waals surface area contributed by atoms with Gasteiger partial charge in [-0.05, 0) is 57.5 Å². The highest BCUT2D eigenvalue weighted by atomic mass is 32.2. The maximum atomic E-state index is 11.9. The summed E-state index contributed by atoms with van der Waals surface area (Å²) in [6.07, 6.45) is 3.49. The van der Waals surface area contributed by atoms with Crippen LogP contribution >= 0.6 is 0 Å². The molecule has 2 rings (SSSR count). The van der Waals surface area contributed by atoms with Crippen LogP contribution in [0.2, 0.25) is 0 Å². The Morgan fingerprint density at radius 2 is 2.14 bits per heavy atom. The van der Waals surface area contributed by atoms with Crippen LogP contribution in [0.4, 0.5) is 5.69 Å². The normalized spacial score (nSPS) is 19.9. The Morgan fingerprint density at radius 3 is 2.73 bits per heavy atom. The highest BCUT2D eigenvalue weighted by molar-refractivity contribution is 7.90.